The van der Waals surface area contributed by atoms with E-state index in [1.54, 1.807) is 0 Å². The Morgan fingerprint density at radius 3 is 1.88 bits per heavy atom. The minimum absolute atomic E-state index is 0.994. The molecule has 5 aromatic rings. The molecule has 0 N–H and O–H groups in total. The summed E-state index contributed by atoms with van der Waals surface area (Å²) in [5.74, 6) is 0. The van der Waals surface area contributed by atoms with Gasteiger partial charge in [0, 0.05) is 17.5 Å². The maximum atomic E-state index is 4.92. The van der Waals surface area contributed by atoms with Crippen LogP contribution in [0.2, 0.25) is 0 Å². The van der Waals surface area contributed by atoms with Gasteiger partial charge < -0.3 is 4.57 Å². The van der Waals surface area contributed by atoms with Crippen LogP contribution in [0.4, 0.5) is 5.69 Å². The van der Waals surface area contributed by atoms with Crippen molar-refractivity contribution < 1.29 is 0 Å². The fourth-order valence-corrected chi connectivity index (χ4v) is 4.39. The number of nitrogens with zero attached hydrogens (tertiary/aromatic N) is 2. The molecule has 0 bridgehead atoms. The van der Waals surface area contributed by atoms with Crippen molar-refractivity contribution >= 4 is 11.9 Å². The van der Waals surface area contributed by atoms with Crippen molar-refractivity contribution in [3.05, 3.63) is 131 Å². The third kappa shape index (κ3) is 4.35. The Balaban J connectivity index is 1.77. The zero-order valence-corrected chi connectivity index (χ0v) is 19.9. The lowest BCUT2D eigenvalue weighted by Crippen LogP contribution is -2.00. The summed E-state index contributed by atoms with van der Waals surface area (Å²) in [4.78, 5) is 4.92. The molecule has 0 atom stereocenters. The fourth-order valence-electron chi connectivity index (χ4n) is 4.39. The van der Waals surface area contributed by atoms with Gasteiger partial charge in [0.1, 0.15) is 0 Å². The Labute approximate surface area is 201 Å². The molecule has 166 valence electrons. The van der Waals surface area contributed by atoms with Crippen LogP contribution in [-0.4, -0.2) is 10.8 Å². The molecular weight excluding hydrogens is 412 g/mol. The van der Waals surface area contributed by atoms with Crippen LogP contribution in [0, 0.1) is 20.8 Å². The van der Waals surface area contributed by atoms with Gasteiger partial charge in [0.05, 0.1) is 17.1 Å². The Morgan fingerprint density at radius 2 is 1.24 bits per heavy atom. The number of rotatable bonds is 5. The summed E-state index contributed by atoms with van der Waals surface area (Å²) >= 11 is 0. The van der Waals surface area contributed by atoms with E-state index in [0.717, 1.165) is 33.9 Å². The molecule has 2 nitrogen and oxygen atoms in total. The van der Waals surface area contributed by atoms with Gasteiger partial charge >= 0.3 is 0 Å². The van der Waals surface area contributed by atoms with E-state index in [0.29, 0.717) is 0 Å². The minimum atomic E-state index is 0.994. The molecule has 1 heterocycles. The normalized spacial score (nSPS) is 11.3. The average Bonchev–Trinajstić information content (AvgIpc) is 3.24. The molecule has 0 radical (unpaired) electrons. The molecular formula is C32H28N2. The Hall–Kier alpha value is -4.17. The predicted molar refractivity (Wildman–Crippen MR) is 145 cm³/mol. The largest absolute Gasteiger partial charge is 0.309 e. The van der Waals surface area contributed by atoms with Crippen LogP contribution in [-0.2, 0) is 0 Å². The molecule has 1 aromatic heterocycles. The zero-order valence-electron chi connectivity index (χ0n) is 19.9. The second kappa shape index (κ2) is 9.36. The highest BCUT2D eigenvalue weighted by atomic mass is 15.0. The molecule has 0 aliphatic heterocycles. The lowest BCUT2D eigenvalue weighted by molar-refractivity contribution is 1.09. The van der Waals surface area contributed by atoms with Crippen molar-refractivity contribution in [1.82, 2.24) is 4.57 Å². The van der Waals surface area contributed by atoms with Gasteiger partial charge in [-0.3, -0.25) is 4.99 Å². The summed E-state index contributed by atoms with van der Waals surface area (Å²) in [6.45, 7) is 6.35. The zero-order chi connectivity index (χ0) is 23.5. The maximum absolute atomic E-state index is 4.92. The third-order valence-electron chi connectivity index (χ3n) is 6.13. The second-order valence-electron chi connectivity index (χ2n) is 8.78. The molecule has 5 rings (SSSR count). The standard InChI is InChI=1S/C32H28N2/c1-23-14-17-29(18-15-23)34-31(26-10-6-4-7-11-26)21-28(32(34)27-12-8-5-9-13-27)22-33-30-19-16-24(2)20-25(30)3/h4-22H,1-3H3. The smallest absolute Gasteiger partial charge is 0.0659 e. The summed E-state index contributed by atoms with van der Waals surface area (Å²) in [7, 11) is 0. The number of aliphatic imine (C=N–C) groups is 1. The van der Waals surface area contributed by atoms with E-state index in [9.17, 15) is 0 Å². The van der Waals surface area contributed by atoms with Gasteiger partial charge in [-0.25, -0.2) is 0 Å². The van der Waals surface area contributed by atoms with E-state index >= 15 is 0 Å². The Kier molecular flexibility index (Phi) is 5.97. The fraction of sp³-hybridized carbons (Fsp3) is 0.0938. The van der Waals surface area contributed by atoms with Gasteiger partial charge in [0.15, 0.2) is 0 Å². The van der Waals surface area contributed by atoms with Crippen LogP contribution in [0.25, 0.3) is 28.2 Å². The molecule has 0 saturated heterocycles. The van der Waals surface area contributed by atoms with Gasteiger partial charge in [-0.15, -0.1) is 0 Å². The first-order valence-electron chi connectivity index (χ1n) is 11.6. The molecule has 2 heteroatoms. The van der Waals surface area contributed by atoms with E-state index in [1.165, 1.54) is 22.3 Å². The van der Waals surface area contributed by atoms with E-state index in [2.05, 4.69) is 135 Å². The molecule has 0 fully saturated rings. The van der Waals surface area contributed by atoms with Crippen molar-refractivity contribution in [2.45, 2.75) is 20.8 Å². The average molecular weight is 441 g/mol. The number of benzene rings is 4. The van der Waals surface area contributed by atoms with E-state index in [-0.39, 0.29) is 0 Å². The lowest BCUT2D eigenvalue weighted by atomic mass is 10.1. The number of aromatic nitrogens is 1. The van der Waals surface area contributed by atoms with Crippen LogP contribution >= 0.6 is 0 Å². The number of hydrogen-bond donors (Lipinski definition) is 0. The number of hydrogen-bond acceptors (Lipinski definition) is 1. The lowest BCUT2D eigenvalue weighted by Gasteiger charge is -2.15. The molecule has 0 spiro atoms. The molecule has 34 heavy (non-hydrogen) atoms. The van der Waals surface area contributed by atoms with E-state index in [1.807, 2.05) is 6.21 Å². The predicted octanol–water partition coefficient (Wildman–Crippen LogP) is 8.49. The summed E-state index contributed by atoms with van der Waals surface area (Å²) < 4.78 is 2.35. The summed E-state index contributed by atoms with van der Waals surface area (Å²) in [5.41, 5.74) is 11.5. The molecule has 4 aromatic carbocycles. The first-order valence-corrected chi connectivity index (χ1v) is 11.6. The molecule has 0 aliphatic carbocycles. The summed E-state index contributed by atoms with van der Waals surface area (Å²) in [6, 6.07) is 38.5. The van der Waals surface area contributed by atoms with Gasteiger partial charge in [-0.05, 0) is 61.7 Å². The maximum Gasteiger partial charge on any atom is 0.0659 e. The van der Waals surface area contributed by atoms with E-state index in [4.69, 9.17) is 4.99 Å². The van der Waals surface area contributed by atoms with Crippen molar-refractivity contribution in [2.24, 2.45) is 4.99 Å². The minimum Gasteiger partial charge on any atom is -0.309 e. The Morgan fingerprint density at radius 1 is 0.618 bits per heavy atom. The number of aryl methyl sites for hydroxylation is 3. The Bertz CT molecular complexity index is 1440. The van der Waals surface area contributed by atoms with Crippen LogP contribution in [0.1, 0.15) is 22.3 Å². The van der Waals surface area contributed by atoms with Crippen molar-refractivity contribution in [3.63, 3.8) is 0 Å². The highest BCUT2D eigenvalue weighted by Gasteiger charge is 2.18. The SMILES string of the molecule is Cc1ccc(-n2c(-c3ccccc3)cc(C=Nc3ccc(C)cc3C)c2-c2ccccc2)cc1. The first kappa shape index (κ1) is 21.7. The van der Waals surface area contributed by atoms with Gasteiger partial charge in [0.2, 0.25) is 0 Å². The van der Waals surface area contributed by atoms with Gasteiger partial charge in [-0.2, -0.15) is 0 Å². The van der Waals surface area contributed by atoms with Crippen LogP contribution in [0.15, 0.2) is 114 Å². The van der Waals surface area contributed by atoms with Crippen LogP contribution < -0.4 is 0 Å². The molecule has 0 amide bonds. The van der Waals surface area contributed by atoms with Crippen molar-refractivity contribution in [2.75, 3.05) is 0 Å². The third-order valence-corrected chi connectivity index (χ3v) is 6.13. The topological polar surface area (TPSA) is 17.3 Å². The van der Waals surface area contributed by atoms with Gasteiger partial charge in [-0.1, -0.05) is 96.1 Å². The van der Waals surface area contributed by atoms with Crippen molar-refractivity contribution in [3.8, 4) is 28.2 Å². The summed E-state index contributed by atoms with van der Waals surface area (Å²) in [6.07, 6.45) is 2.01. The highest BCUT2D eigenvalue weighted by Crippen LogP contribution is 2.36. The molecule has 0 saturated carbocycles. The quantitative estimate of drug-likeness (QED) is 0.244. The van der Waals surface area contributed by atoms with Gasteiger partial charge in [0.25, 0.3) is 0 Å². The van der Waals surface area contributed by atoms with Crippen LogP contribution in [0.5, 0.6) is 0 Å². The van der Waals surface area contributed by atoms with Crippen LogP contribution in [0.3, 0.4) is 0 Å². The van der Waals surface area contributed by atoms with Crippen molar-refractivity contribution in [1.29, 1.82) is 0 Å². The highest BCUT2D eigenvalue weighted by molar-refractivity contribution is 5.94. The monoisotopic (exact) mass is 440 g/mol. The second-order valence-corrected chi connectivity index (χ2v) is 8.78. The first-order chi connectivity index (χ1) is 16.6. The molecule has 0 unspecified atom stereocenters. The molecule has 0 aliphatic rings. The summed E-state index contributed by atoms with van der Waals surface area (Å²) in [5, 5.41) is 0. The van der Waals surface area contributed by atoms with E-state index < -0.39 is 0 Å².